The van der Waals surface area contributed by atoms with Gasteiger partial charge in [-0.1, -0.05) is 6.92 Å². The summed E-state index contributed by atoms with van der Waals surface area (Å²) in [5.74, 6) is -1.39. The molecule has 0 heterocycles. The third kappa shape index (κ3) is 3.92. The van der Waals surface area contributed by atoms with E-state index in [-0.39, 0.29) is 22.7 Å². The van der Waals surface area contributed by atoms with E-state index in [1.54, 1.807) is 6.92 Å². The maximum absolute atomic E-state index is 13.7. The van der Waals surface area contributed by atoms with Gasteiger partial charge in [-0.2, -0.15) is 4.31 Å². The average molecular weight is 318 g/mol. The average Bonchev–Trinajstić information content (AvgIpc) is 2.41. The molecule has 0 amide bonds. The van der Waals surface area contributed by atoms with E-state index < -0.39 is 28.4 Å². The van der Waals surface area contributed by atoms with Gasteiger partial charge in [-0.3, -0.25) is 4.79 Å². The Balaban J connectivity index is 3.32. The minimum absolute atomic E-state index is 0.00573. The molecule has 0 spiro atoms. The minimum Gasteiger partial charge on any atom is -0.468 e. The fourth-order valence-electron chi connectivity index (χ4n) is 1.82. The van der Waals surface area contributed by atoms with E-state index in [2.05, 4.69) is 4.74 Å². The van der Waals surface area contributed by atoms with Gasteiger partial charge in [-0.25, -0.2) is 12.8 Å². The van der Waals surface area contributed by atoms with Crippen molar-refractivity contribution in [2.75, 3.05) is 25.9 Å². The zero-order valence-electron chi connectivity index (χ0n) is 12.2. The number of hydrogen-bond donors (Lipinski definition) is 1. The number of nitrogens with zero attached hydrogens (tertiary/aromatic N) is 1. The lowest BCUT2D eigenvalue weighted by molar-refractivity contribution is -0.140. The Bertz CT molecular complexity index is 631. The first kappa shape index (κ1) is 17.4. The first-order chi connectivity index (χ1) is 9.73. The summed E-state index contributed by atoms with van der Waals surface area (Å²) < 4.78 is 44.3. The highest BCUT2D eigenvalue weighted by Gasteiger charge is 2.29. The Morgan fingerprint density at radius 3 is 2.57 bits per heavy atom. The summed E-state index contributed by atoms with van der Waals surface area (Å²) in [6, 6.07) is 2.24. The lowest BCUT2D eigenvalue weighted by Gasteiger charge is -2.21. The Morgan fingerprint density at radius 2 is 2.05 bits per heavy atom. The summed E-state index contributed by atoms with van der Waals surface area (Å²) in [6.07, 6.45) is 0.500. The largest absolute Gasteiger partial charge is 0.468 e. The molecule has 0 radical (unpaired) electrons. The number of rotatable bonds is 6. The summed E-state index contributed by atoms with van der Waals surface area (Å²) in [5.41, 5.74) is 5.49. The van der Waals surface area contributed by atoms with Crippen molar-refractivity contribution < 1.29 is 22.3 Å². The van der Waals surface area contributed by atoms with Crippen LogP contribution in [-0.4, -0.2) is 38.9 Å². The van der Waals surface area contributed by atoms with Crippen LogP contribution in [-0.2, 0) is 19.6 Å². The van der Waals surface area contributed by atoms with E-state index in [9.17, 15) is 17.6 Å². The number of hydrogen-bond acceptors (Lipinski definition) is 5. The van der Waals surface area contributed by atoms with Crippen LogP contribution < -0.4 is 5.73 Å². The predicted octanol–water partition coefficient (Wildman–Crippen LogP) is 1.29. The van der Waals surface area contributed by atoms with Crippen LogP contribution in [0.1, 0.15) is 18.9 Å². The molecular formula is C13H19FN2O4S. The zero-order valence-corrected chi connectivity index (χ0v) is 13.0. The second-order valence-corrected chi connectivity index (χ2v) is 6.45. The summed E-state index contributed by atoms with van der Waals surface area (Å²) >= 11 is 0. The molecular weight excluding hydrogens is 299 g/mol. The SMILES string of the molecule is CCCN(CC(=O)OC)S(=O)(=O)c1cc(N)cc(F)c1C. The molecule has 0 aliphatic carbocycles. The second-order valence-electron chi connectivity index (χ2n) is 4.54. The lowest BCUT2D eigenvalue weighted by Crippen LogP contribution is -2.37. The number of nitrogen functional groups attached to an aromatic ring is 1. The van der Waals surface area contributed by atoms with Gasteiger partial charge in [0.25, 0.3) is 0 Å². The molecule has 8 heteroatoms. The molecule has 0 aliphatic heterocycles. The number of methoxy groups -OCH3 is 1. The van der Waals surface area contributed by atoms with Crippen LogP contribution >= 0.6 is 0 Å². The highest BCUT2D eigenvalue weighted by Crippen LogP contribution is 2.25. The van der Waals surface area contributed by atoms with Crippen molar-refractivity contribution in [1.29, 1.82) is 0 Å². The predicted molar refractivity (Wildman–Crippen MR) is 76.6 cm³/mol. The van der Waals surface area contributed by atoms with Crippen molar-refractivity contribution >= 4 is 21.7 Å². The number of sulfonamides is 1. The van der Waals surface area contributed by atoms with Gasteiger partial charge in [0.2, 0.25) is 10.0 Å². The van der Waals surface area contributed by atoms with Gasteiger partial charge in [0, 0.05) is 17.8 Å². The molecule has 0 fully saturated rings. The summed E-state index contributed by atoms with van der Waals surface area (Å²) in [6.45, 7) is 2.81. The fourth-order valence-corrected chi connectivity index (χ4v) is 3.57. The van der Waals surface area contributed by atoms with Crippen LogP contribution in [0.4, 0.5) is 10.1 Å². The minimum atomic E-state index is -4.03. The first-order valence-electron chi connectivity index (χ1n) is 6.36. The van der Waals surface area contributed by atoms with E-state index in [4.69, 9.17) is 5.73 Å². The molecule has 21 heavy (non-hydrogen) atoms. The topological polar surface area (TPSA) is 89.7 Å². The smallest absolute Gasteiger partial charge is 0.321 e. The molecule has 2 N–H and O–H groups in total. The van der Waals surface area contributed by atoms with E-state index in [0.717, 1.165) is 10.4 Å². The summed E-state index contributed by atoms with van der Waals surface area (Å²) in [7, 11) is -2.86. The van der Waals surface area contributed by atoms with E-state index in [1.165, 1.54) is 20.1 Å². The number of esters is 1. The Morgan fingerprint density at radius 1 is 1.43 bits per heavy atom. The maximum atomic E-state index is 13.7. The maximum Gasteiger partial charge on any atom is 0.321 e. The van der Waals surface area contributed by atoms with E-state index in [1.807, 2.05) is 0 Å². The van der Waals surface area contributed by atoms with Crippen LogP contribution in [0.5, 0.6) is 0 Å². The molecule has 118 valence electrons. The molecule has 0 saturated carbocycles. The quantitative estimate of drug-likeness (QED) is 0.630. The standard InChI is InChI=1S/C13H19FN2O4S/c1-4-5-16(8-13(17)20-3)21(18,19)12-7-10(15)6-11(14)9(12)2/h6-7H,4-5,8,15H2,1-3H3. The van der Waals surface area contributed by atoms with Crippen LogP contribution in [0.3, 0.4) is 0 Å². The van der Waals surface area contributed by atoms with Gasteiger partial charge in [0.15, 0.2) is 0 Å². The van der Waals surface area contributed by atoms with Crippen molar-refractivity contribution in [1.82, 2.24) is 4.31 Å². The van der Waals surface area contributed by atoms with Crippen LogP contribution in [0, 0.1) is 12.7 Å². The molecule has 0 aromatic heterocycles. The Hall–Kier alpha value is -1.67. The van der Waals surface area contributed by atoms with Crippen LogP contribution in [0.2, 0.25) is 0 Å². The molecule has 1 rings (SSSR count). The number of nitrogens with two attached hydrogens (primary N) is 1. The summed E-state index contributed by atoms with van der Waals surface area (Å²) in [5, 5.41) is 0. The van der Waals surface area contributed by atoms with Crippen LogP contribution in [0.25, 0.3) is 0 Å². The van der Waals surface area contributed by atoms with Crippen molar-refractivity contribution in [2.24, 2.45) is 0 Å². The van der Waals surface area contributed by atoms with Crippen molar-refractivity contribution in [3.05, 3.63) is 23.5 Å². The highest BCUT2D eigenvalue weighted by atomic mass is 32.2. The number of ether oxygens (including phenoxy) is 1. The van der Waals surface area contributed by atoms with Gasteiger partial charge in [-0.15, -0.1) is 0 Å². The van der Waals surface area contributed by atoms with Gasteiger partial charge in [-0.05, 0) is 25.5 Å². The van der Waals surface area contributed by atoms with Gasteiger partial charge < -0.3 is 10.5 Å². The van der Waals surface area contributed by atoms with Crippen molar-refractivity contribution in [3.8, 4) is 0 Å². The Labute approximate surface area is 123 Å². The number of benzene rings is 1. The third-order valence-corrected chi connectivity index (χ3v) is 4.91. The molecule has 1 aromatic rings. The van der Waals surface area contributed by atoms with E-state index in [0.29, 0.717) is 6.42 Å². The highest BCUT2D eigenvalue weighted by molar-refractivity contribution is 7.89. The molecule has 0 atom stereocenters. The molecule has 0 unspecified atom stereocenters. The molecule has 0 bridgehead atoms. The Kier molecular flexibility index (Phi) is 5.68. The molecule has 1 aromatic carbocycles. The number of carbonyl (C=O) groups excluding carboxylic acids is 1. The zero-order chi connectivity index (χ0) is 16.2. The number of halogens is 1. The van der Waals surface area contributed by atoms with Gasteiger partial charge in [0.1, 0.15) is 12.4 Å². The normalized spacial score (nSPS) is 11.7. The van der Waals surface area contributed by atoms with E-state index >= 15 is 0 Å². The lowest BCUT2D eigenvalue weighted by atomic mass is 10.2. The van der Waals surface area contributed by atoms with Gasteiger partial charge in [0.05, 0.1) is 12.0 Å². The monoisotopic (exact) mass is 318 g/mol. The van der Waals surface area contributed by atoms with Crippen molar-refractivity contribution in [2.45, 2.75) is 25.2 Å². The molecule has 0 saturated heterocycles. The number of carbonyl (C=O) groups is 1. The third-order valence-electron chi connectivity index (χ3n) is 2.94. The number of anilines is 1. The molecule has 0 aliphatic rings. The molecule has 6 nitrogen and oxygen atoms in total. The van der Waals surface area contributed by atoms with Crippen LogP contribution in [0.15, 0.2) is 17.0 Å². The first-order valence-corrected chi connectivity index (χ1v) is 7.80. The summed E-state index contributed by atoms with van der Waals surface area (Å²) in [4.78, 5) is 11.1. The van der Waals surface area contributed by atoms with Crippen molar-refractivity contribution in [3.63, 3.8) is 0 Å². The second kappa shape index (κ2) is 6.86. The van der Waals surface area contributed by atoms with Gasteiger partial charge >= 0.3 is 5.97 Å². The fraction of sp³-hybridized carbons (Fsp3) is 0.462.